The second-order valence-electron chi connectivity index (χ2n) is 4.75. The molecule has 0 fully saturated rings. The maximum Gasteiger partial charge on any atom is 0.126 e. The highest BCUT2D eigenvalue weighted by Crippen LogP contribution is 2.36. The van der Waals surface area contributed by atoms with Crippen LogP contribution in [0.1, 0.15) is 39.5 Å². The molecular formula is C15H24O2. The van der Waals surface area contributed by atoms with Crippen LogP contribution in [0.5, 0.6) is 0 Å². The van der Waals surface area contributed by atoms with Crippen molar-refractivity contribution in [1.82, 2.24) is 0 Å². The molecular weight excluding hydrogens is 212 g/mol. The van der Waals surface area contributed by atoms with Gasteiger partial charge in [0.15, 0.2) is 0 Å². The fourth-order valence-electron chi connectivity index (χ4n) is 2.65. The fraction of sp³-hybridized carbons (Fsp3) is 0.667. The summed E-state index contributed by atoms with van der Waals surface area (Å²) in [5, 5.41) is 0. The van der Waals surface area contributed by atoms with E-state index in [2.05, 4.69) is 13.8 Å². The van der Waals surface area contributed by atoms with Gasteiger partial charge in [-0.15, -0.1) is 0 Å². The Morgan fingerprint density at radius 3 is 2.35 bits per heavy atom. The predicted octanol–water partition coefficient (Wildman–Crippen LogP) is 3.53. The summed E-state index contributed by atoms with van der Waals surface area (Å²) >= 11 is 0. The average Bonchev–Trinajstić information content (AvgIpc) is 2.84. The van der Waals surface area contributed by atoms with E-state index in [0.29, 0.717) is 5.92 Å². The number of ether oxygens (including phenoxy) is 1. The minimum absolute atomic E-state index is 0.0703. The van der Waals surface area contributed by atoms with Crippen LogP contribution < -0.4 is 0 Å². The Bertz CT molecular complexity index is 279. The third-order valence-electron chi connectivity index (χ3n) is 3.81. The van der Waals surface area contributed by atoms with Crippen molar-refractivity contribution in [2.24, 2.45) is 11.8 Å². The molecule has 2 heteroatoms. The van der Waals surface area contributed by atoms with E-state index < -0.39 is 5.60 Å². The summed E-state index contributed by atoms with van der Waals surface area (Å²) in [5.74, 6) is 0.332. The smallest absolute Gasteiger partial charge is 0.126 e. The summed E-state index contributed by atoms with van der Waals surface area (Å²) in [4.78, 5) is 11.5. The van der Waals surface area contributed by atoms with Crippen LogP contribution in [0.15, 0.2) is 24.3 Å². The van der Waals surface area contributed by atoms with Gasteiger partial charge in [0, 0.05) is 7.11 Å². The lowest BCUT2D eigenvalue weighted by Crippen LogP contribution is -2.40. The molecule has 1 aliphatic carbocycles. The molecule has 2 atom stereocenters. The zero-order valence-corrected chi connectivity index (χ0v) is 11.2. The molecule has 0 bridgehead atoms. The van der Waals surface area contributed by atoms with Gasteiger partial charge in [0.25, 0.3) is 0 Å². The van der Waals surface area contributed by atoms with Gasteiger partial charge in [0.1, 0.15) is 11.9 Å². The minimum atomic E-state index is -0.504. The second-order valence-corrected chi connectivity index (χ2v) is 4.75. The lowest BCUT2D eigenvalue weighted by molar-refractivity contribution is -0.119. The van der Waals surface area contributed by atoms with Crippen LogP contribution in [-0.2, 0) is 9.53 Å². The van der Waals surface area contributed by atoms with Gasteiger partial charge in [-0.1, -0.05) is 45.3 Å². The van der Waals surface area contributed by atoms with E-state index in [1.807, 2.05) is 24.3 Å². The van der Waals surface area contributed by atoms with E-state index in [0.717, 1.165) is 19.1 Å². The Hall–Kier alpha value is -0.890. The molecule has 96 valence electrons. The van der Waals surface area contributed by atoms with Crippen LogP contribution in [0, 0.1) is 11.8 Å². The van der Waals surface area contributed by atoms with Gasteiger partial charge in [-0.05, 0) is 24.5 Å². The number of hydrogen-bond donors (Lipinski definition) is 0. The first kappa shape index (κ1) is 14.2. The van der Waals surface area contributed by atoms with Gasteiger partial charge >= 0.3 is 0 Å². The number of methoxy groups -OCH3 is 1. The van der Waals surface area contributed by atoms with Crippen molar-refractivity contribution < 1.29 is 9.53 Å². The van der Waals surface area contributed by atoms with Crippen LogP contribution in [0.25, 0.3) is 0 Å². The molecule has 0 amide bonds. The summed E-state index contributed by atoms with van der Waals surface area (Å²) in [7, 11) is 1.68. The van der Waals surface area contributed by atoms with E-state index in [9.17, 15) is 4.79 Å². The Kier molecular flexibility index (Phi) is 5.63. The number of carbonyl (C=O) groups is 1. The van der Waals surface area contributed by atoms with Crippen LogP contribution in [0.3, 0.4) is 0 Å². The number of carbonyl (C=O) groups excluding carboxylic acids is 1. The maximum atomic E-state index is 11.5. The number of allylic oxidation sites excluding steroid dienone is 2. The summed E-state index contributed by atoms with van der Waals surface area (Å²) < 4.78 is 5.61. The third-order valence-corrected chi connectivity index (χ3v) is 3.81. The highest BCUT2D eigenvalue weighted by Gasteiger charge is 2.39. The second kappa shape index (κ2) is 6.75. The van der Waals surface area contributed by atoms with Crippen LogP contribution in [0.2, 0.25) is 0 Å². The van der Waals surface area contributed by atoms with Crippen LogP contribution >= 0.6 is 0 Å². The molecule has 1 aliphatic rings. The normalized spacial score (nSPS) is 20.4. The van der Waals surface area contributed by atoms with Gasteiger partial charge in [0.05, 0.1) is 5.92 Å². The molecule has 0 N–H and O–H groups in total. The van der Waals surface area contributed by atoms with Crippen LogP contribution in [-0.4, -0.2) is 19.0 Å². The molecule has 17 heavy (non-hydrogen) atoms. The lowest BCUT2D eigenvalue weighted by Gasteiger charge is -2.35. The summed E-state index contributed by atoms with van der Waals surface area (Å²) in [6.45, 7) is 4.34. The maximum absolute atomic E-state index is 11.5. The molecule has 2 unspecified atom stereocenters. The van der Waals surface area contributed by atoms with Crippen molar-refractivity contribution in [1.29, 1.82) is 0 Å². The van der Waals surface area contributed by atoms with Crippen molar-refractivity contribution in [3.8, 4) is 0 Å². The molecule has 0 saturated carbocycles. The number of rotatable bonds is 8. The molecule has 0 spiro atoms. The SMILES string of the molecule is CCCCC(CC)C(C=O)C1(OC)C=CC=C1. The largest absolute Gasteiger partial charge is 0.369 e. The van der Waals surface area contributed by atoms with Gasteiger partial charge in [-0.3, -0.25) is 0 Å². The van der Waals surface area contributed by atoms with E-state index in [-0.39, 0.29) is 5.92 Å². The molecule has 0 heterocycles. The number of hydrogen-bond acceptors (Lipinski definition) is 2. The summed E-state index contributed by atoms with van der Waals surface area (Å²) in [5.41, 5.74) is -0.504. The van der Waals surface area contributed by atoms with Crippen molar-refractivity contribution in [2.45, 2.75) is 45.1 Å². The number of unbranched alkanes of at least 4 members (excludes halogenated alkanes) is 1. The zero-order chi connectivity index (χ0) is 12.7. The first-order chi connectivity index (χ1) is 8.24. The highest BCUT2D eigenvalue weighted by molar-refractivity contribution is 5.60. The van der Waals surface area contributed by atoms with Crippen molar-refractivity contribution in [2.75, 3.05) is 7.11 Å². The van der Waals surface area contributed by atoms with Gasteiger partial charge in [-0.2, -0.15) is 0 Å². The summed E-state index contributed by atoms with van der Waals surface area (Å²) in [6, 6.07) is 0. The monoisotopic (exact) mass is 236 g/mol. The Labute approximate surface area is 105 Å². The molecule has 0 saturated heterocycles. The van der Waals surface area contributed by atoms with E-state index in [4.69, 9.17) is 4.74 Å². The standard InChI is InChI=1S/C15H24O2/c1-4-6-9-13(5-2)14(12-16)15(17-3)10-7-8-11-15/h7-8,10-14H,4-6,9H2,1-3H3. The topological polar surface area (TPSA) is 26.3 Å². The average molecular weight is 236 g/mol. The Morgan fingerprint density at radius 2 is 1.94 bits per heavy atom. The first-order valence-corrected chi connectivity index (χ1v) is 6.61. The van der Waals surface area contributed by atoms with E-state index in [1.165, 1.54) is 12.8 Å². The molecule has 2 nitrogen and oxygen atoms in total. The Morgan fingerprint density at radius 1 is 1.29 bits per heavy atom. The zero-order valence-electron chi connectivity index (χ0n) is 11.2. The summed E-state index contributed by atoms with van der Waals surface area (Å²) in [6.07, 6.45) is 13.5. The van der Waals surface area contributed by atoms with Crippen molar-refractivity contribution in [3.05, 3.63) is 24.3 Å². The molecule has 0 aromatic heterocycles. The minimum Gasteiger partial charge on any atom is -0.369 e. The highest BCUT2D eigenvalue weighted by atomic mass is 16.5. The first-order valence-electron chi connectivity index (χ1n) is 6.61. The van der Waals surface area contributed by atoms with Crippen LogP contribution in [0.4, 0.5) is 0 Å². The molecule has 0 aliphatic heterocycles. The molecule has 0 aromatic carbocycles. The third kappa shape index (κ3) is 3.06. The number of aldehydes is 1. The van der Waals surface area contributed by atoms with Crippen molar-refractivity contribution in [3.63, 3.8) is 0 Å². The van der Waals surface area contributed by atoms with Gasteiger partial charge in [-0.25, -0.2) is 0 Å². The van der Waals surface area contributed by atoms with E-state index in [1.54, 1.807) is 7.11 Å². The van der Waals surface area contributed by atoms with E-state index >= 15 is 0 Å². The van der Waals surface area contributed by atoms with Crippen molar-refractivity contribution >= 4 is 6.29 Å². The molecule has 1 rings (SSSR count). The quantitative estimate of drug-likeness (QED) is 0.603. The van der Waals surface area contributed by atoms with Gasteiger partial charge < -0.3 is 9.53 Å². The lowest BCUT2D eigenvalue weighted by atomic mass is 9.76. The molecule has 0 aromatic rings. The Balaban J connectivity index is 2.84. The predicted molar refractivity (Wildman–Crippen MR) is 70.9 cm³/mol. The van der Waals surface area contributed by atoms with Gasteiger partial charge in [0.2, 0.25) is 0 Å². The fourth-order valence-corrected chi connectivity index (χ4v) is 2.65. The molecule has 0 radical (unpaired) electrons.